The maximum Gasteiger partial charge on any atom is 0.459 e. The highest BCUT2D eigenvalue weighted by Gasteiger charge is 2.69. The second-order valence-electron chi connectivity index (χ2n) is 12.0. The molecule has 2 fully saturated rings. The van der Waals surface area contributed by atoms with Gasteiger partial charge in [0.05, 0.1) is 17.2 Å². The zero-order valence-corrected chi connectivity index (χ0v) is 28.0. The van der Waals surface area contributed by atoms with Crippen LogP contribution in [0.2, 0.25) is 0 Å². The third-order valence-corrected chi connectivity index (χ3v) is 9.85. The zero-order chi connectivity index (χ0) is 34.9. The van der Waals surface area contributed by atoms with Crippen molar-refractivity contribution in [2.75, 3.05) is 18.9 Å². The molecule has 2 aromatic heterocycles. The second-order valence-corrected chi connectivity index (χ2v) is 13.7. The van der Waals surface area contributed by atoms with E-state index in [4.69, 9.17) is 40.3 Å². The number of nitrogens with two attached hydrogens (primary N) is 1. The molecule has 2 saturated heterocycles. The quantitative estimate of drug-likeness (QED) is 0.0782. The van der Waals surface area contributed by atoms with Crippen molar-refractivity contribution >= 4 is 30.7 Å². The predicted octanol–water partition coefficient (Wildman–Crippen LogP) is 4.59. The van der Waals surface area contributed by atoms with Gasteiger partial charge in [0.25, 0.3) is 5.69 Å². The Bertz CT molecular complexity index is 1740. The SMILES string of the molecule is [C-]#[N+][C@]1(COP(=O)(N[C@@H](C)C(=O)OCC(CC)CC)Oc2ccc([N+](=O)[O-])cc2)O[C@@H](c2ccc3c(N)ncnn23)[C@@H]2OC(C)(C)O[C@@H]21. The molecule has 5 rings (SSSR count). The summed E-state index contributed by atoms with van der Waals surface area (Å²) in [5.41, 5.74) is 4.90. The third-order valence-electron chi connectivity index (χ3n) is 8.23. The third kappa shape index (κ3) is 7.14. The van der Waals surface area contributed by atoms with Crippen LogP contribution in [0.25, 0.3) is 10.4 Å². The number of nitro groups is 1. The van der Waals surface area contributed by atoms with Crippen molar-refractivity contribution < 1.29 is 42.3 Å². The molecular weight excluding hydrogens is 649 g/mol. The van der Waals surface area contributed by atoms with Crippen LogP contribution in [0.5, 0.6) is 5.75 Å². The Morgan fingerprint density at radius 3 is 2.56 bits per heavy atom. The normalized spacial score (nSPS) is 24.9. The molecular formula is C30H38N7O10P. The number of hydrogen-bond donors (Lipinski definition) is 2. The van der Waals surface area contributed by atoms with E-state index < -0.39 is 61.1 Å². The first-order valence-electron chi connectivity index (χ1n) is 15.4. The highest BCUT2D eigenvalue weighted by Crippen LogP contribution is 2.53. The lowest BCUT2D eigenvalue weighted by Crippen LogP contribution is -2.45. The van der Waals surface area contributed by atoms with E-state index >= 15 is 0 Å². The van der Waals surface area contributed by atoms with E-state index in [9.17, 15) is 19.5 Å². The molecule has 3 N–H and O–H groups in total. The fraction of sp³-hybridized carbons (Fsp3) is 0.533. The summed E-state index contributed by atoms with van der Waals surface area (Å²) in [7, 11) is -4.54. The highest BCUT2D eigenvalue weighted by atomic mass is 31.2. The van der Waals surface area contributed by atoms with Gasteiger partial charge in [0.15, 0.2) is 24.3 Å². The number of nitrogen functional groups attached to an aromatic ring is 1. The molecule has 0 saturated carbocycles. The van der Waals surface area contributed by atoms with Gasteiger partial charge >= 0.3 is 19.4 Å². The van der Waals surface area contributed by atoms with E-state index in [1.807, 2.05) is 13.8 Å². The monoisotopic (exact) mass is 687 g/mol. The molecule has 0 radical (unpaired) electrons. The Hall–Kier alpha value is -4.17. The van der Waals surface area contributed by atoms with Crippen LogP contribution in [-0.4, -0.2) is 68.5 Å². The minimum atomic E-state index is -4.54. The number of anilines is 1. The molecule has 48 heavy (non-hydrogen) atoms. The lowest BCUT2D eigenvalue weighted by atomic mass is 10.0. The summed E-state index contributed by atoms with van der Waals surface area (Å²) >= 11 is 0. The lowest BCUT2D eigenvalue weighted by Gasteiger charge is -2.28. The second kappa shape index (κ2) is 13.7. The number of rotatable bonds is 14. The molecule has 0 spiro atoms. The number of ether oxygens (including phenoxy) is 4. The van der Waals surface area contributed by atoms with Gasteiger partial charge in [0, 0.05) is 12.1 Å². The molecule has 0 bridgehead atoms. The Kier molecular flexibility index (Phi) is 10.1. The van der Waals surface area contributed by atoms with Crippen molar-refractivity contribution in [1.29, 1.82) is 0 Å². The number of non-ortho nitro benzene ring substituents is 1. The number of fused-ring (bicyclic) bond motifs is 2. The molecule has 1 unspecified atom stereocenters. The van der Waals surface area contributed by atoms with Gasteiger partial charge in [-0.05, 0) is 51.0 Å². The van der Waals surface area contributed by atoms with E-state index in [0.29, 0.717) is 11.2 Å². The lowest BCUT2D eigenvalue weighted by molar-refractivity contribution is -0.384. The van der Waals surface area contributed by atoms with Gasteiger partial charge < -0.3 is 24.5 Å². The number of esters is 1. The van der Waals surface area contributed by atoms with Gasteiger partial charge in [-0.1, -0.05) is 26.7 Å². The van der Waals surface area contributed by atoms with Crippen LogP contribution >= 0.6 is 7.75 Å². The van der Waals surface area contributed by atoms with Crippen LogP contribution in [0.15, 0.2) is 42.7 Å². The standard InChI is InChI=1S/C30H38N7O10P/c1-7-19(8-2)15-42-28(38)18(3)35-48(41,47-21-11-9-20(10-12-21)37(39)40)43-16-30(32-6)26-25(44-29(4,5)46-26)24(45-30)22-13-14-23-27(31)33-17-34-36(22)23/h9-14,17-19,24-26H,7-8,15-16H2,1-5H3,(H,35,41)(H2,31,33,34)/t18-,24-,25-,26-,30+,48?/m0/s1. The first-order valence-corrected chi connectivity index (χ1v) is 16.9. The Labute approximate surface area is 276 Å². The van der Waals surface area contributed by atoms with Gasteiger partial charge in [-0.15, -0.1) is 0 Å². The number of carbonyl (C=O) groups excluding carboxylic acids is 1. The smallest absolute Gasteiger partial charge is 0.459 e. The van der Waals surface area contributed by atoms with Gasteiger partial charge in [-0.2, -0.15) is 10.2 Å². The van der Waals surface area contributed by atoms with Gasteiger partial charge in [0.2, 0.25) is 0 Å². The average Bonchev–Trinajstić information content (AvgIpc) is 3.71. The van der Waals surface area contributed by atoms with Gasteiger partial charge in [0.1, 0.15) is 35.8 Å². The zero-order valence-electron chi connectivity index (χ0n) is 27.1. The molecule has 6 atom stereocenters. The number of hydrogen-bond acceptors (Lipinski definition) is 13. The number of benzene rings is 1. The molecule has 0 aliphatic carbocycles. The Balaban J connectivity index is 1.43. The molecule has 2 aliphatic rings. The number of nitro benzene ring substituents is 1. The molecule has 17 nitrogen and oxygen atoms in total. The van der Waals surface area contributed by atoms with Crippen molar-refractivity contribution in [3.8, 4) is 5.75 Å². The summed E-state index contributed by atoms with van der Waals surface area (Å²) in [6.45, 7) is 16.5. The minimum Gasteiger partial charge on any atom is -0.464 e. The summed E-state index contributed by atoms with van der Waals surface area (Å²) in [4.78, 5) is 31.3. The van der Waals surface area contributed by atoms with Crippen molar-refractivity contribution in [2.45, 2.75) is 83.3 Å². The molecule has 2 aliphatic heterocycles. The van der Waals surface area contributed by atoms with Crippen LogP contribution in [0.3, 0.4) is 0 Å². The maximum absolute atomic E-state index is 14.4. The summed E-state index contributed by atoms with van der Waals surface area (Å²) in [6.07, 6.45) is 0.130. The van der Waals surface area contributed by atoms with E-state index in [0.717, 1.165) is 25.0 Å². The molecule has 3 aromatic rings. The van der Waals surface area contributed by atoms with E-state index in [-0.39, 0.29) is 29.8 Å². The number of nitrogens with zero attached hydrogens (tertiary/aromatic N) is 5. The first-order chi connectivity index (χ1) is 22.7. The van der Waals surface area contributed by atoms with E-state index in [2.05, 4.69) is 20.0 Å². The van der Waals surface area contributed by atoms with Gasteiger partial charge in [-0.3, -0.25) is 29.0 Å². The van der Waals surface area contributed by atoms with E-state index in [1.165, 1.54) is 29.9 Å². The molecule has 4 heterocycles. The maximum atomic E-state index is 14.4. The summed E-state index contributed by atoms with van der Waals surface area (Å²) in [5.74, 6) is -1.51. The van der Waals surface area contributed by atoms with Crippen LogP contribution in [-0.2, 0) is 32.8 Å². The average molecular weight is 688 g/mol. The number of aromatic nitrogens is 3. The van der Waals surface area contributed by atoms with Crippen LogP contribution in [0, 0.1) is 22.6 Å². The molecule has 258 valence electrons. The number of carbonyl (C=O) groups is 1. The van der Waals surface area contributed by atoms with Crippen LogP contribution in [0.1, 0.15) is 59.3 Å². The van der Waals surface area contributed by atoms with Crippen LogP contribution < -0.4 is 15.3 Å². The van der Waals surface area contributed by atoms with Crippen molar-refractivity contribution in [3.05, 3.63) is 70.0 Å². The highest BCUT2D eigenvalue weighted by molar-refractivity contribution is 7.52. The largest absolute Gasteiger partial charge is 0.464 e. The molecule has 18 heteroatoms. The Morgan fingerprint density at radius 2 is 1.92 bits per heavy atom. The first kappa shape index (κ1) is 35.1. The van der Waals surface area contributed by atoms with Gasteiger partial charge in [-0.25, -0.2) is 20.6 Å². The van der Waals surface area contributed by atoms with E-state index in [1.54, 1.807) is 26.0 Å². The van der Waals surface area contributed by atoms with Crippen molar-refractivity contribution in [2.24, 2.45) is 5.92 Å². The summed E-state index contributed by atoms with van der Waals surface area (Å²) in [6, 6.07) is 7.03. The minimum absolute atomic E-state index is 0.0625. The topological polar surface area (TPSA) is 205 Å². The van der Waals surface area contributed by atoms with Crippen molar-refractivity contribution in [1.82, 2.24) is 19.7 Å². The summed E-state index contributed by atoms with van der Waals surface area (Å²) in [5, 5.41) is 18.0. The molecule has 0 amide bonds. The fourth-order valence-corrected chi connectivity index (χ4v) is 7.06. The van der Waals surface area contributed by atoms with Crippen LogP contribution in [0.4, 0.5) is 11.5 Å². The summed E-state index contributed by atoms with van der Waals surface area (Å²) < 4.78 is 51.7. The fourth-order valence-electron chi connectivity index (χ4n) is 5.54. The van der Waals surface area contributed by atoms with Crippen molar-refractivity contribution in [3.63, 3.8) is 0 Å². The predicted molar refractivity (Wildman–Crippen MR) is 169 cm³/mol. The Morgan fingerprint density at radius 1 is 1.21 bits per heavy atom. The molecule has 1 aromatic carbocycles. The number of nitrogens with one attached hydrogen (secondary N) is 1.